The molecule has 6 nitrogen and oxygen atoms in total. The number of aromatic nitrogens is 1. The van der Waals surface area contributed by atoms with Crippen molar-refractivity contribution in [3.63, 3.8) is 0 Å². The average Bonchev–Trinajstić information content (AvgIpc) is 3.29. The van der Waals surface area contributed by atoms with Gasteiger partial charge in [-0.15, -0.1) is 0 Å². The van der Waals surface area contributed by atoms with Crippen molar-refractivity contribution < 1.29 is 14.3 Å². The van der Waals surface area contributed by atoms with Gasteiger partial charge in [0.15, 0.2) is 0 Å². The molecule has 0 aliphatic carbocycles. The molecule has 0 unspecified atom stereocenters. The molecule has 0 fully saturated rings. The summed E-state index contributed by atoms with van der Waals surface area (Å²) in [5, 5.41) is 4.04. The van der Waals surface area contributed by atoms with Crippen molar-refractivity contribution in [3.8, 4) is 0 Å². The van der Waals surface area contributed by atoms with Crippen LogP contribution in [0.4, 0.5) is 5.69 Å². The van der Waals surface area contributed by atoms with E-state index in [9.17, 15) is 9.59 Å². The molecule has 3 aromatic rings. The van der Waals surface area contributed by atoms with Gasteiger partial charge in [0.1, 0.15) is 0 Å². The summed E-state index contributed by atoms with van der Waals surface area (Å²) in [4.78, 5) is 26.7. The summed E-state index contributed by atoms with van der Waals surface area (Å²) in [6, 6.07) is 15.6. The smallest absolute Gasteiger partial charge is 0.254 e. The predicted molar refractivity (Wildman–Crippen MR) is 113 cm³/mol. The van der Waals surface area contributed by atoms with E-state index in [1.807, 2.05) is 59.6 Å². The largest absolute Gasteiger partial charge is 0.383 e. The molecule has 0 radical (unpaired) electrons. The number of carbonyl (C=O) groups is 2. The molecule has 4 rings (SSSR count). The summed E-state index contributed by atoms with van der Waals surface area (Å²) in [6.07, 6.45) is 3.02. The van der Waals surface area contributed by atoms with Crippen molar-refractivity contribution in [2.24, 2.45) is 0 Å². The van der Waals surface area contributed by atoms with Gasteiger partial charge in [0.2, 0.25) is 5.91 Å². The van der Waals surface area contributed by atoms with Gasteiger partial charge >= 0.3 is 0 Å². The minimum atomic E-state index is -0.0358. The van der Waals surface area contributed by atoms with E-state index >= 15 is 0 Å². The second-order valence-corrected chi connectivity index (χ2v) is 7.28. The number of nitrogens with one attached hydrogen (secondary N) is 1. The van der Waals surface area contributed by atoms with Gasteiger partial charge in [0, 0.05) is 50.3 Å². The van der Waals surface area contributed by atoms with Crippen LogP contribution in [0.15, 0.2) is 54.7 Å². The monoisotopic (exact) mass is 391 g/mol. The topological polar surface area (TPSA) is 63.6 Å². The van der Waals surface area contributed by atoms with E-state index in [0.29, 0.717) is 32.5 Å². The lowest BCUT2D eigenvalue weighted by molar-refractivity contribution is -0.116. The molecule has 1 aromatic heterocycles. The zero-order valence-electron chi connectivity index (χ0n) is 16.6. The van der Waals surface area contributed by atoms with E-state index in [-0.39, 0.29) is 11.8 Å². The highest BCUT2D eigenvalue weighted by Gasteiger charge is 2.26. The summed E-state index contributed by atoms with van der Waals surface area (Å²) in [7, 11) is 1.69. The second kappa shape index (κ2) is 8.49. The van der Waals surface area contributed by atoms with Crippen LogP contribution in [-0.2, 0) is 22.6 Å². The van der Waals surface area contributed by atoms with Gasteiger partial charge in [-0.2, -0.15) is 0 Å². The van der Waals surface area contributed by atoms with Crippen LogP contribution in [0.2, 0.25) is 0 Å². The minimum Gasteiger partial charge on any atom is -0.383 e. The first-order valence-corrected chi connectivity index (χ1v) is 9.91. The summed E-state index contributed by atoms with van der Waals surface area (Å²) in [5.41, 5.74) is 3.72. The SMILES string of the molecule is COCCn1ccc2c(NC(=O)CCCN3Cc4ccccc4C3=O)cccc21. The summed E-state index contributed by atoms with van der Waals surface area (Å²) >= 11 is 0. The molecule has 0 spiro atoms. The number of carbonyl (C=O) groups excluding carboxylic acids is 2. The number of ether oxygens (including phenoxy) is 1. The molecule has 0 atom stereocenters. The van der Waals surface area contributed by atoms with E-state index in [4.69, 9.17) is 4.74 Å². The molecule has 150 valence electrons. The molecule has 0 saturated heterocycles. The number of anilines is 1. The Hall–Kier alpha value is -3.12. The fraction of sp³-hybridized carbons (Fsp3) is 0.304. The van der Waals surface area contributed by atoms with Crippen LogP contribution < -0.4 is 5.32 Å². The maximum atomic E-state index is 12.5. The highest BCUT2D eigenvalue weighted by atomic mass is 16.5. The third-order valence-electron chi connectivity index (χ3n) is 5.35. The Morgan fingerprint density at radius 3 is 2.79 bits per heavy atom. The van der Waals surface area contributed by atoms with Crippen LogP contribution in [0, 0.1) is 0 Å². The Bertz CT molecular complexity index is 1040. The maximum Gasteiger partial charge on any atom is 0.254 e. The molecule has 1 N–H and O–H groups in total. The Morgan fingerprint density at radius 2 is 1.97 bits per heavy atom. The Kier molecular flexibility index (Phi) is 5.62. The van der Waals surface area contributed by atoms with Gasteiger partial charge < -0.3 is 19.5 Å². The van der Waals surface area contributed by atoms with Crippen molar-refractivity contribution in [2.75, 3.05) is 25.6 Å². The van der Waals surface area contributed by atoms with Crippen LogP contribution in [0.25, 0.3) is 10.9 Å². The summed E-state index contributed by atoms with van der Waals surface area (Å²) in [6.45, 7) is 2.62. The first-order valence-electron chi connectivity index (χ1n) is 9.91. The number of nitrogens with zero attached hydrogens (tertiary/aromatic N) is 2. The lowest BCUT2D eigenvalue weighted by atomic mass is 10.1. The molecule has 29 heavy (non-hydrogen) atoms. The summed E-state index contributed by atoms with van der Waals surface area (Å²) in [5.74, 6) is 0.0227. The zero-order chi connectivity index (χ0) is 20.2. The minimum absolute atomic E-state index is 0.0358. The molecule has 1 aliphatic heterocycles. The van der Waals surface area contributed by atoms with Crippen molar-refractivity contribution in [2.45, 2.75) is 25.9 Å². The molecule has 2 heterocycles. The average molecular weight is 391 g/mol. The standard InChI is InChI=1S/C23H25N3O3/c1-29-15-14-25-13-11-19-20(8-4-9-21(19)25)24-22(27)10-5-12-26-16-17-6-2-3-7-18(17)23(26)28/h2-4,6-9,11,13H,5,10,12,14-16H2,1H3,(H,24,27). The fourth-order valence-corrected chi connectivity index (χ4v) is 3.86. The molecule has 6 heteroatoms. The van der Waals surface area contributed by atoms with E-state index in [2.05, 4.69) is 9.88 Å². The number of amides is 2. The van der Waals surface area contributed by atoms with Crippen LogP contribution >= 0.6 is 0 Å². The van der Waals surface area contributed by atoms with Crippen LogP contribution in [0.3, 0.4) is 0 Å². The molecule has 1 aliphatic rings. The Morgan fingerprint density at radius 1 is 1.10 bits per heavy atom. The number of hydrogen-bond acceptors (Lipinski definition) is 3. The first-order chi connectivity index (χ1) is 14.2. The zero-order valence-corrected chi connectivity index (χ0v) is 16.6. The third kappa shape index (κ3) is 4.03. The third-order valence-corrected chi connectivity index (χ3v) is 5.35. The highest BCUT2D eigenvalue weighted by Crippen LogP contribution is 2.25. The van der Waals surface area contributed by atoms with Gasteiger partial charge in [-0.25, -0.2) is 0 Å². The molecule has 2 amide bonds. The highest BCUT2D eigenvalue weighted by molar-refractivity contribution is 6.01. The predicted octanol–water partition coefficient (Wildman–Crippen LogP) is 3.66. The lowest BCUT2D eigenvalue weighted by Crippen LogP contribution is -2.26. The Balaban J connectivity index is 1.33. The lowest BCUT2D eigenvalue weighted by Gasteiger charge is -2.15. The van der Waals surface area contributed by atoms with Crippen molar-refractivity contribution >= 4 is 28.4 Å². The van der Waals surface area contributed by atoms with E-state index in [1.165, 1.54) is 0 Å². The quantitative estimate of drug-likeness (QED) is 0.637. The van der Waals surface area contributed by atoms with Gasteiger partial charge in [-0.3, -0.25) is 9.59 Å². The van der Waals surface area contributed by atoms with E-state index < -0.39 is 0 Å². The second-order valence-electron chi connectivity index (χ2n) is 7.28. The van der Waals surface area contributed by atoms with Crippen LogP contribution in [0.1, 0.15) is 28.8 Å². The molecular weight excluding hydrogens is 366 g/mol. The number of benzene rings is 2. The number of hydrogen-bond donors (Lipinski definition) is 1. The number of methoxy groups -OCH3 is 1. The van der Waals surface area contributed by atoms with Crippen molar-refractivity contribution in [3.05, 3.63) is 65.9 Å². The van der Waals surface area contributed by atoms with Crippen molar-refractivity contribution in [1.82, 2.24) is 9.47 Å². The molecule has 0 saturated carbocycles. The summed E-state index contributed by atoms with van der Waals surface area (Å²) < 4.78 is 7.27. The maximum absolute atomic E-state index is 12.5. The molecule has 0 bridgehead atoms. The first kappa shape index (κ1) is 19.2. The van der Waals surface area contributed by atoms with Crippen LogP contribution in [0.5, 0.6) is 0 Å². The molecule has 2 aromatic carbocycles. The van der Waals surface area contributed by atoms with E-state index in [0.717, 1.165) is 34.3 Å². The number of fused-ring (bicyclic) bond motifs is 2. The van der Waals surface area contributed by atoms with Gasteiger partial charge in [-0.1, -0.05) is 24.3 Å². The van der Waals surface area contributed by atoms with Gasteiger partial charge in [0.05, 0.1) is 17.8 Å². The molecular formula is C23H25N3O3. The van der Waals surface area contributed by atoms with Gasteiger partial charge in [0.25, 0.3) is 5.91 Å². The van der Waals surface area contributed by atoms with Crippen molar-refractivity contribution in [1.29, 1.82) is 0 Å². The van der Waals surface area contributed by atoms with Gasteiger partial charge in [-0.05, 0) is 36.2 Å². The Labute approximate surface area is 170 Å². The normalized spacial score (nSPS) is 13.1. The number of rotatable bonds is 8. The van der Waals surface area contributed by atoms with Crippen LogP contribution in [-0.4, -0.2) is 41.5 Å². The van der Waals surface area contributed by atoms with E-state index in [1.54, 1.807) is 7.11 Å². The fourth-order valence-electron chi connectivity index (χ4n) is 3.86.